The van der Waals surface area contributed by atoms with Crippen LogP contribution in [0.15, 0.2) is 6.07 Å². The van der Waals surface area contributed by atoms with Gasteiger partial charge >= 0.3 is 0 Å². The molecule has 0 aliphatic rings. The molecule has 6 nitrogen and oxygen atoms in total. The van der Waals surface area contributed by atoms with Crippen LogP contribution in [-0.2, 0) is 12.8 Å². The molecule has 1 aromatic carbocycles. The Kier molecular flexibility index (Phi) is 4.25. The smallest absolute Gasteiger partial charge is 0.296 e. The molecule has 0 fully saturated rings. The first-order valence-electron chi connectivity index (χ1n) is 5.78. The van der Waals surface area contributed by atoms with Gasteiger partial charge in [-0.05, 0) is 24.5 Å². The van der Waals surface area contributed by atoms with Gasteiger partial charge in [-0.3, -0.25) is 14.9 Å². The lowest BCUT2D eigenvalue weighted by atomic mass is 9.96. The number of nitrogens with one attached hydrogen (secondary N) is 1. The van der Waals surface area contributed by atoms with E-state index >= 15 is 0 Å². The first kappa shape index (κ1) is 14.0. The van der Waals surface area contributed by atoms with Crippen LogP contribution >= 0.6 is 0 Å². The highest BCUT2D eigenvalue weighted by atomic mass is 16.6. The lowest BCUT2D eigenvalue weighted by Crippen LogP contribution is -2.17. The molecule has 0 radical (unpaired) electrons. The van der Waals surface area contributed by atoms with Crippen molar-refractivity contribution in [2.24, 2.45) is 5.73 Å². The molecule has 0 saturated heterocycles. The van der Waals surface area contributed by atoms with Crippen LogP contribution in [0.2, 0.25) is 0 Å². The Bertz CT molecular complexity index is 498. The quantitative estimate of drug-likeness (QED) is 0.616. The molecule has 1 aromatic rings. The van der Waals surface area contributed by atoms with Gasteiger partial charge in [0.2, 0.25) is 5.91 Å². The second-order valence-corrected chi connectivity index (χ2v) is 3.86. The fourth-order valence-corrected chi connectivity index (χ4v) is 2.10. The van der Waals surface area contributed by atoms with Gasteiger partial charge in [-0.2, -0.15) is 0 Å². The fraction of sp³-hybridized carbons (Fsp3) is 0.417. The molecule has 98 valence electrons. The van der Waals surface area contributed by atoms with Crippen LogP contribution < -0.4 is 11.1 Å². The van der Waals surface area contributed by atoms with Crippen molar-refractivity contribution in [2.75, 3.05) is 12.4 Å². The maximum absolute atomic E-state index is 11.4. The molecule has 18 heavy (non-hydrogen) atoms. The predicted octanol–water partition coefficient (Wildman–Crippen LogP) is 1.86. The maximum Gasteiger partial charge on any atom is 0.296 e. The lowest BCUT2D eigenvalue weighted by Gasteiger charge is -2.14. The topological polar surface area (TPSA) is 98.3 Å². The van der Waals surface area contributed by atoms with Crippen LogP contribution in [0.1, 0.15) is 35.3 Å². The molecule has 0 bridgehead atoms. The van der Waals surface area contributed by atoms with Crippen molar-refractivity contribution < 1.29 is 9.72 Å². The van der Waals surface area contributed by atoms with Gasteiger partial charge in [0, 0.05) is 18.2 Å². The van der Waals surface area contributed by atoms with Gasteiger partial charge < -0.3 is 11.1 Å². The second kappa shape index (κ2) is 5.48. The minimum atomic E-state index is -0.632. The molecule has 6 heteroatoms. The number of amides is 1. The minimum Gasteiger partial charge on any atom is -0.382 e. The average Bonchev–Trinajstić information content (AvgIpc) is 2.35. The van der Waals surface area contributed by atoms with E-state index in [1.54, 1.807) is 20.0 Å². The molecule has 1 amide bonds. The summed E-state index contributed by atoms with van der Waals surface area (Å²) in [5.41, 5.74) is 7.04. The number of primary amides is 1. The molecule has 0 spiro atoms. The number of hydrogen-bond acceptors (Lipinski definition) is 4. The summed E-state index contributed by atoms with van der Waals surface area (Å²) in [5.74, 6) is -0.632. The summed E-state index contributed by atoms with van der Waals surface area (Å²) in [6, 6.07) is 1.64. The third-order valence-electron chi connectivity index (χ3n) is 2.92. The van der Waals surface area contributed by atoms with E-state index in [1.807, 2.05) is 6.92 Å². The highest BCUT2D eigenvalue weighted by molar-refractivity contribution is 5.97. The van der Waals surface area contributed by atoms with E-state index < -0.39 is 10.8 Å². The number of nitro benzene ring substituents is 1. The van der Waals surface area contributed by atoms with Crippen LogP contribution in [0, 0.1) is 10.1 Å². The third-order valence-corrected chi connectivity index (χ3v) is 2.92. The Morgan fingerprint density at radius 1 is 1.44 bits per heavy atom. The number of benzene rings is 1. The van der Waals surface area contributed by atoms with E-state index in [9.17, 15) is 14.9 Å². The number of nitrogens with two attached hydrogens (primary N) is 1. The monoisotopic (exact) mass is 251 g/mol. The van der Waals surface area contributed by atoms with Crippen molar-refractivity contribution in [1.82, 2.24) is 0 Å². The van der Waals surface area contributed by atoms with Crippen LogP contribution in [0.3, 0.4) is 0 Å². The Hall–Kier alpha value is -2.11. The summed E-state index contributed by atoms with van der Waals surface area (Å²) < 4.78 is 0. The normalized spacial score (nSPS) is 10.2. The molecule has 3 N–H and O–H groups in total. The summed E-state index contributed by atoms with van der Waals surface area (Å²) in [6.07, 6.45) is 0.967. The van der Waals surface area contributed by atoms with Gasteiger partial charge in [0.1, 0.15) is 5.69 Å². The first-order valence-corrected chi connectivity index (χ1v) is 5.78. The van der Waals surface area contributed by atoms with Crippen molar-refractivity contribution >= 4 is 17.3 Å². The minimum absolute atomic E-state index is 0.0480. The Balaban J connectivity index is 3.75. The van der Waals surface area contributed by atoms with Crippen LogP contribution in [0.25, 0.3) is 0 Å². The number of carbonyl (C=O) groups is 1. The van der Waals surface area contributed by atoms with Crippen molar-refractivity contribution in [3.63, 3.8) is 0 Å². The molecule has 0 aromatic heterocycles. The predicted molar refractivity (Wildman–Crippen MR) is 69.9 cm³/mol. The lowest BCUT2D eigenvalue weighted by molar-refractivity contribution is -0.384. The van der Waals surface area contributed by atoms with Crippen molar-refractivity contribution in [2.45, 2.75) is 26.7 Å². The summed E-state index contributed by atoms with van der Waals surface area (Å²) >= 11 is 0. The van der Waals surface area contributed by atoms with Gasteiger partial charge in [-0.1, -0.05) is 13.8 Å². The fourth-order valence-electron chi connectivity index (χ4n) is 2.10. The summed E-state index contributed by atoms with van der Waals surface area (Å²) in [5, 5.41) is 14.1. The standard InChI is InChI=1S/C12H17N3O3/c1-4-7-6-9(12(13)16)8(5-2)11(15(17)18)10(7)14-3/h6,14H,4-5H2,1-3H3,(H2,13,16). The SMILES string of the molecule is CCc1cc(C(N)=O)c(CC)c([N+](=O)[O-])c1NC. The summed E-state index contributed by atoms with van der Waals surface area (Å²) in [7, 11) is 1.63. The number of rotatable bonds is 5. The molecule has 0 atom stereocenters. The van der Waals surface area contributed by atoms with E-state index in [-0.39, 0.29) is 11.3 Å². The number of carbonyl (C=O) groups excluding carboxylic acids is 1. The van der Waals surface area contributed by atoms with Gasteiger partial charge in [0.15, 0.2) is 0 Å². The number of anilines is 1. The molecule has 0 unspecified atom stereocenters. The van der Waals surface area contributed by atoms with Crippen molar-refractivity contribution in [1.29, 1.82) is 0 Å². The summed E-state index contributed by atoms with van der Waals surface area (Å²) in [4.78, 5) is 22.2. The highest BCUT2D eigenvalue weighted by Gasteiger charge is 2.26. The van der Waals surface area contributed by atoms with E-state index in [0.29, 0.717) is 24.1 Å². The third kappa shape index (κ3) is 2.27. The Morgan fingerprint density at radius 3 is 2.39 bits per heavy atom. The Labute approximate surface area is 105 Å². The molecular weight excluding hydrogens is 234 g/mol. The van der Waals surface area contributed by atoms with Crippen LogP contribution in [0.5, 0.6) is 0 Å². The maximum atomic E-state index is 11.4. The zero-order valence-electron chi connectivity index (χ0n) is 10.7. The molecule has 0 aliphatic heterocycles. The van der Waals surface area contributed by atoms with E-state index in [1.165, 1.54) is 0 Å². The highest BCUT2D eigenvalue weighted by Crippen LogP contribution is 2.35. The number of nitro groups is 1. The Morgan fingerprint density at radius 2 is 2.06 bits per heavy atom. The molecule has 0 heterocycles. The van der Waals surface area contributed by atoms with Crippen molar-refractivity contribution in [3.05, 3.63) is 32.9 Å². The van der Waals surface area contributed by atoms with E-state index in [0.717, 1.165) is 5.56 Å². The zero-order valence-corrected chi connectivity index (χ0v) is 10.7. The first-order chi connectivity index (χ1) is 8.47. The van der Waals surface area contributed by atoms with E-state index in [4.69, 9.17) is 5.73 Å². The second-order valence-electron chi connectivity index (χ2n) is 3.86. The van der Waals surface area contributed by atoms with Gasteiger partial charge in [-0.15, -0.1) is 0 Å². The molecule has 1 rings (SSSR count). The van der Waals surface area contributed by atoms with Crippen LogP contribution in [-0.4, -0.2) is 17.9 Å². The number of aryl methyl sites for hydroxylation is 1. The largest absolute Gasteiger partial charge is 0.382 e. The van der Waals surface area contributed by atoms with Crippen LogP contribution in [0.4, 0.5) is 11.4 Å². The molecule has 0 aliphatic carbocycles. The number of hydrogen-bond donors (Lipinski definition) is 2. The van der Waals surface area contributed by atoms with Gasteiger partial charge in [-0.25, -0.2) is 0 Å². The zero-order chi connectivity index (χ0) is 13.9. The van der Waals surface area contributed by atoms with Gasteiger partial charge in [0.05, 0.1) is 4.92 Å². The molecule has 0 saturated carbocycles. The van der Waals surface area contributed by atoms with E-state index in [2.05, 4.69) is 5.32 Å². The average molecular weight is 251 g/mol. The van der Waals surface area contributed by atoms with Crippen molar-refractivity contribution in [3.8, 4) is 0 Å². The molecular formula is C12H17N3O3. The summed E-state index contributed by atoms with van der Waals surface area (Å²) in [6.45, 7) is 3.64. The van der Waals surface area contributed by atoms with Gasteiger partial charge in [0.25, 0.3) is 5.69 Å². The number of nitrogens with zero attached hydrogens (tertiary/aromatic N) is 1.